The van der Waals surface area contributed by atoms with Crippen LogP contribution in [0.1, 0.15) is 43.1 Å². The number of rotatable bonds is 6. The Bertz CT molecular complexity index is 1420. The third-order valence-electron chi connectivity index (χ3n) is 6.20. The van der Waals surface area contributed by atoms with Crippen LogP contribution in [0.5, 0.6) is 0 Å². The van der Waals surface area contributed by atoms with Gasteiger partial charge in [-0.2, -0.15) is 4.98 Å². The van der Waals surface area contributed by atoms with E-state index in [2.05, 4.69) is 20.4 Å². The molecule has 0 bridgehead atoms. The van der Waals surface area contributed by atoms with Gasteiger partial charge in [-0.1, -0.05) is 46.8 Å². The van der Waals surface area contributed by atoms with Crippen LogP contribution in [0.15, 0.2) is 39.6 Å². The summed E-state index contributed by atoms with van der Waals surface area (Å²) in [5.41, 5.74) is 1.17. The SMILES string of the molecule is Cc1noc(-c2nc3sc(N4CCCC4C(=O)NCc4ccccc4)nc3c(=O)n2C2CC2)n1. The zero-order chi connectivity index (χ0) is 23.2. The van der Waals surface area contributed by atoms with Gasteiger partial charge in [0.1, 0.15) is 6.04 Å². The van der Waals surface area contributed by atoms with E-state index in [1.807, 2.05) is 35.2 Å². The summed E-state index contributed by atoms with van der Waals surface area (Å²) in [5, 5.41) is 7.53. The first-order chi connectivity index (χ1) is 16.6. The van der Waals surface area contributed by atoms with Crippen molar-refractivity contribution in [3.05, 3.63) is 52.1 Å². The molecule has 2 aliphatic rings. The van der Waals surface area contributed by atoms with Gasteiger partial charge in [-0.25, -0.2) is 9.97 Å². The zero-order valence-corrected chi connectivity index (χ0v) is 19.4. The highest BCUT2D eigenvalue weighted by Gasteiger charge is 2.35. The van der Waals surface area contributed by atoms with Gasteiger partial charge < -0.3 is 14.7 Å². The number of carbonyl (C=O) groups is 1. The number of nitrogens with one attached hydrogen (secondary N) is 1. The van der Waals surface area contributed by atoms with Gasteiger partial charge >= 0.3 is 0 Å². The first kappa shape index (κ1) is 21.0. The van der Waals surface area contributed by atoms with Crippen LogP contribution in [-0.2, 0) is 11.3 Å². The highest BCUT2D eigenvalue weighted by molar-refractivity contribution is 7.21. The Hall–Kier alpha value is -3.60. The lowest BCUT2D eigenvalue weighted by molar-refractivity contribution is -0.122. The van der Waals surface area contributed by atoms with Crippen molar-refractivity contribution in [1.29, 1.82) is 0 Å². The molecule has 1 unspecified atom stereocenters. The van der Waals surface area contributed by atoms with Crippen molar-refractivity contribution < 1.29 is 9.32 Å². The lowest BCUT2D eigenvalue weighted by Crippen LogP contribution is -2.43. The van der Waals surface area contributed by atoms with Gasteiger partial charge in [0, 0.05) is 19.1 Å². The summed E-state index contributed by atoms with van der Waals surface area (Å²) in [7, 11) is 0. The maximum absolute atomic E-state index is 13.4. The fraction of sp³-hybridized carbons (Fsp3) is 0.391. The zero-order valence-electron chi connectivity index (χ0n) is 18.6. The smallest absolute Gasteiger partial charge is 0.294 e. The molecule has 174 valence electrons. The topological polar surface area (TPSA) is 119 Å². The molecule has 1 amide bonds. The van der Waals surface area contributed by atoms with Crippen molar-refractivity contribution >= 4 is 32.7 Å². The molecule has 10 nitrogen and oxygen atoms in total. The van der Waals surface area contributed by atoms with Crippen LogP contribution >= 0.6 is 11.3 Å². The number of anilines is 1. The summed E-state index contributed by atoms with van der Waals surface area (Å²) in [6.07, 6.45) is 3.42. The summed E-state index contributed by atoms with van der Waals surface area (Å²) >= 11 is 1.32. The van der Waals surface area contributed by atoms with E-state index in [-0.39, 0.29) is 29.4 Å². The number of hydrogen-bond donors (Lipinski definition) is 1. The molecule has 1 aliphatic carbocycles. The Balaban J connectivity index is 1.32. The Morgan fingerprint density at radius 2 is 2.00 bits per heavy atom. The average Bonchev–Trinajstić information content (AvgIpc) is 3.23. The Morgan fingerprint density at radius 1 is 1.18 bits per heavy atom. The van der Waals surface area contributed by atoms with Gasteiger partial charge in [0.15, 0.2) is 21.3 Å². The molecule has 0 spiro atoms. The lowest BCUT2D eigenvalue weighted by Gasteiger charge is -2.23. The van der Waals surface area contributed by atoms with Crippen molar-refractivity contribution in [2.24, 2.45) is 0 Å². The summed E-state index contributed by atoms with van der Waals surface area (Å²) in [6, 6.07) is 9.57. The molecule has 4 aromatic rings. The fourth-order valence-corrected chi connectivity index (χ4v) is 5.39. The minimum Gasteiger partial charge on any atom is -0.350 e. The molecule has 6 rings (SSSR count). The summed E-state index contributed by atoms with van der Waals surface area (Å²) in [5.74, 6) is 1.07. The quantitative estimate of drug-likeness (QED) is 0.450. The fourth-order valence-electron chi connectivity index (χ4n) is 4.38. The van der Waals surface area contributed by atoms with E-state index in [9.17, 15) is 9.59 Å². The number of aromatic nitrogens is 5. The van der Waals surface area contributed by atoms with Crippen LogP contribution in [0.25, 0.3) is 22.1 Å². The first-order valence-electron chi connectivity index (χ1n) is 11.4. The normalized spacial score (nSPS) is 18.0. The molecule has 1 saturated heterocycles. The van der Waals surface area contributed by atoms with Crippen LogP contribution in [0.2, 0.25) is 0 Å². The molecule has 11 heteroatoms. The highest BCUT2D eigenvalue weighted by atomic mass is 32.1. The maximum Gasteiger partial charge on any atom is 0.294 e. The molecule has 1 aliphatic heterocycles. The van der Waals surface area contributed by atoms with Crippen molar-refractivity contribution in [1.82, 2.24) is 30.0 Å². The van der Waals surface area contributed by atoms with Crippen molar-refractivity contribution in [2.45, 2.75) is 51.2 Å². The van der Waals surface area contributed by atoms with Crippen LogP contribution in [0, 0.1) is 6.92 Å². The molecular formula is C23H23N7O3S. The first-order valence-corrected chi connectivity index (χ1v) is 12.2. The number of benzene rings is 1. The molecule has 2 fully saturated rings. The third-order valence-corrected chi connectivity index (χ3v) is 7.18. The molecule has 4 heterocycles. The van der Waals surface area contributed by atoms with E-state index in [0.29, 0.717) is 40.2 Å². The van der Waals surface area contributed by atoms with E-state index in [4.69, 9.17) is 9.51 Å². The summed E-state index contributed by atoms with van der Waals surface area (Å²) in [4.78, 5) is 42.5. The predicted molar refractivity (Wildman–Crippen MR) is 127 cm³/mol. The largest absolute Gasteiger partial charge is 0.350 e. The monoisotopic (exact) mass is 477 g/mol. The number of carbonyl (C=O) groups excluding carboxylic acids is 1. The van der Waals surface area contributed by atoms with E-state index < -0.39 is 0 Å². The van der Waals surface area contributed by atoms with Crippen LogP contribution in [0.3, 0.4) is 0 Å². The van der Waals surface area contributed by atoms with Gasteiger partial charge in [0.25, 0.3) is 11.4 Å². The number of amides is 1. The molecule has 1 N–H and O–H groups in total. The second-order valence-corrected chi connectivity index (χ2v) is 9.65. The second kappa shape index (κ2) is 8.32. The molecule has 0 radical (unpaired) electrons. The molecule has 1 saturated carbocycles. The maximum atomic E-state index is 13.4. The average molecular weight is 478 g/mol. The second-order valence-electron chi connectivity index (χ2n) is 8.69. The number of nitrogens with zero attached hydrogens (tertiary/aromatic N) is 6. The van der Waals surface area contributed by atoms with Gasteiger partial charge in [-0.15, -0.1) is 0 Å². The van der Waals surface area contributed by atoms with Gasteiger partial charge in [-0.05, 0) is 38.2 Å². The van der Waals surface area contributed by atoms with Crippen molar-refractivity contribution in [3.63, 3.8) is 0 Å². The van der Waals surface area contributed by atoms with Crippen molar-refractivity contribution in [2.75, 3.05) is 11.4 Å². The predicted octanol–water partition coefficient (Wildman–Crippen LogP) is 2.83. The molecular weight excluding hydrogens is 454 g/mol. The summed E-state index contributed by atoms with van der Waals surface area (Å²) < 4.78 is 6.96. The Morgan fingerprint density at radius 3 is 2.74 bits per heavy atom. The highest BCUT2D eigenvalue weighted by Crippen LogP contribution is 2.38. The van der Waals surface area contributed by atoms with Gasteiger partial charge in [-0.3, -0.25) is 14.2 Å². The number of aryl methyl sites for hydroxylation is 1. The molecule has 1 atom stereocenters. The van der Waals surface area contributed by atoms with E-state index in [0.717, 1.165) is 31.2 Å². The van der Waals surface area contributed by atoms with Crippen LogP contribution in [-0.4, -0.2) is 43.2 Å². The molecule has 3 aromatic heterocycles. The van der Waals surface area contributed by atoms with Crippen molar-refractivity contribution in [3.8, 4) is 11.7 Å². The van der Waals surface area contributed by atoms with Gasteiger partial charge in [0.05, 0.1) is 0 Å². The number of fused-ring (bicyclic) bond motifs is 1. The van der Waals surface area contributed by atoms with E-state index in [1.54, 1.807) is 11.5 Å². The summed E-state index contributed by atoms with van der Waals surface area (Å²) in [6.45, 7) is 2.91. The van der Waals surface area contributed by atoms with Crippen LogP contribution in [0.4, 0.5) is 5.13 Å². The third kappa shape index (κ3) is 3.75. The lowest BCUT2D eigenvalue weighted by atomic mass is 10.2. The standard InChI is InChI=1S/C23H23N7O3S/c1-13-25-20(33-28-13)18-27-21-17(22(32)30(18)15-9-10-15)26-23(34-21)29-11-5-8-16(29)19(31)24-12-14-6-3-2-4-7-14/h2-4,6-7,15-16H,5,8-12H2,1H3,(H,24,31). The van der Waals surface area contributed by atoms with E-state index in [1.165, 1.54) is 11.3 Å². The minimum absolute atomic E-state index is 0.0361. The molecule has 1 aromatic carbocycles. The van der Waals surface area contributed by atoms with Gasteiger partial charge in [0.2, 0.25) is 11.7 Å². The van der Waals surface area contributed by atoms with Crippen LogP contribution < -0.4 is 15.8 Å². The Labute approximate surface area is 198 Å². The Kier molecular flexibility index (Phi) is 5.13. The molecule has 34 heavy (non-hydrogen) atoms. The minimum atomic E-state index is -0.326. The number of thiazole rings is 1. The number of hydrogen-bond acceptors (Lipinski definition) is 9. The van der Waals surface area contributed by atoms with E-state index >= 15 is 0 Å².